The van der Waals surface area contributed by atoms with Crippen molar-refractivity contribution in [1.82, 2.24) is 4.90 Å². The van der Waals surface area contributed by atoms with E-state index < -0.39 is 0 Å². The van der Waals surface area contributed by atoms with Crippen molar-refractivity contribution >= 4 is 0 Å². The average Bonchev–Trinajstić information content (AvgIpc) is 2.25. The Morgan fingerprint density at radius 1 is 1.19 bits per heavy atom. The second-order valence-electron chi connectivity index (χ2n) is 4.72. The van der Waals surface area contributed by atoms with Gasteiger partial charge >= 0.3 is 0 Å². The third kappa shape index (κ3) is 3.24. The number of hydrogen-bond donors (Lipinski definition) is 1. The maximum absolute atomic E-state index is 9.83. The van der Waals surface area contributed by atoms with E-state index in [4.69, 9.17) is 0 Å². The van der Waals surface area contributed by atoms with Crippen LogP contribution in [0.25, 0.3) is 0 Å². The molecule has 1 rings (SSSR count). The summed E-state index contributed by atoms with van der Waals surface area (Å²) in [6, 6.07) is 7.88. The van der Waals surface area contributed by atoms with Crippen LogP contribution in [0.3, 0.4) is 0 Å². The van der Waals surface area contributed by atoms with Crippen LogP contribution in [0.2, 0.25) is 0 Å². The van der Waals surface area contributed by atoms with E-state index in [2.05, 4.69) is 32.6 Å². The highest BCUT2D eigenvalue weighted by atomic mass is 16.3. The Balaban J connectivity index is 2.82. The summed E-state index contributed by atoms with van der Waals surface area (Å²) in [5, 5.41) is 9.83. The molecule has 0 aromatic heterocycles. The molecule has 1 N–H and O–H groups in total. The summed E-state index contributed by atoms with van der Waals surface area (Å²) in [6.45, 7) is 10.8. The van der Waals surface area contributed by atoms with E-state index in [9.17, 15) is 5.11 Å². The number of hydrogen-bond acceptors (Lipinski definition) is 2. The van der Waals surface area contributed by atoms with Crippen LogP contribution < -0.4 is 0 Å². The smallest absolute Gasteiger partial charge is 0.120 e. The zero-order valence-corrected chi connectivity index (χ0v) is 10.8. The van der Waals surface area contributed by atoms with E-state index in [1.807, 2.05) is 18.2 Å². The van der Waals surface area contributed by atoms with Crippen LogP contribution in [0.4, 0.5) is 0 Å². The van der Waals surface area contributed by atoms with Gasteiger partial charge in [-0.2, -0.15) is 0 Å². The van der Waals surface area contributed by atoms with E-state index in [0.29, 0.717) is 11.7 Å². The first kappa shape index (κ1) is 13.0. The fraction of sp³-hybridized carbons (Fsp3) is 0.571. The van der Waals surface area contributed by atoms with Crippen LogP contribution in [0.15, 0.2) is 24.3 Å². The van der Waals surface area contributed by atoms with Gasteiger partial charge in [0.15, 0.2) is 0 Å². The van der Waals surface area contributed by atoms with Gasteiger partial charge in [0.1, 0.15) is 5.75 Å². The van der Waals surface area contributed by atoms with Crippen molar-refractivity contribution in [3.63, 3.8) is 0 Å². The number of benzene rings is 1. The second kappa shape index (κ2) is 5.90. The molecule has 0 aliphatic heterocycles. The Labute approximate surface area is 98.9 Å². The van der Waals surface area contributed by atoms with Gasteiger partial charge in [0.25, 0.3) is 0 Å². The van der Waals surface area contributed by atoms with Gasteiger partial charge in [-0.05, 0) is 25.5 Å². The predicted octanol–water partition coefficient (Wildman–Crippen LogP) is 3.43. The van der Waals surface area contributed by atoms with E-state index in [0.717, 1.165) is 18.7 Å². The van der Waals surface area contributed by atoms with Crippen molar-refractivity contribution in [2.75, 3.05) is 13.1 Å². The van der Waals surface area contributed by atoms with Crippen LogP contribution in [0, 0.1) is 5.92 Å². The maximum Gasteiger partial charge on any atom is 0.120 e. The first-order chi connectivity index (χ1) is 7.56. The largest absolute Gasteiger partial charge is 0.508 e. The van der Waals surface area contributed by atoms with Gasteiger partial charge in [-0.25, -0.2) is 0 Å². The summed E-state index contributed by atoms with van der Waals surface area (Å²) in [7, 11) is 0. The van der Waals surface area contributed by atoms with Gasteiger partial charge in [0.05, 0.1) is 0 Å². The zero-order chi connectivity index (χ0) is 12.1. The van der Waals surface area contributed by atoms with E-state index in [1.54, 1.807) is 6.07 Å². The van der Waals surface area contributed by atoms with Crippen LogP contribution in [0.1, 0.15) is 39.3 Å². The fourth-order valence-corrected chi connectivity index (χ4v) is 2.07. The normalized spacial score (nSPS) is 13.4. The lowest BCUT2D eigenvalue weighted by Crippen LogP contribution is -2.30. The molecule has 1 atom stereocenters. The molecule has 1 aromatic carbocycles. The van der Waals surface area contributed by atoms with Crippen molar-refractivity contribution < 1.29 is 5.11 Å². The summed E-state index contributed by atoms with van der Waals surface area (Å²) < 4.78 is 0. The molecule has 0 heterocycles. The van der Waals surface area contributed by atoms with Crippen molar-refractivity contribution in [1.29, 1.82) is 0 Å². The third-order valence-corrected chi connectivity index (χ3v) is 2.94. The lowest BCUT2D eigenvalue weighted by molar-refractivity contribution is 0.194. The van der Waals surface area contributed by atoms with Gasteiger partial charge in [-0.15, -0.1) is 0 Å². The molecule has 0 aliphatic rings. The topological polar surface area (TPSA) is 23.5 Å². The SMILES string of the molecule is CCN(CC(C)C)C(C)c1ccccc1O. The molecule has 0 bridgehead atoms. The summed E-state index contributed by atoms with van der Waals surface area (Å²) in [4.78, 5) is 2.39. The highest BCUT2D eigenvalue weighted by Crippen LogP contribution is 2.28. The number of nitrogens with zero attached hydrogens (tertiary/aromatic N) is 1. The number of aromatic hydroxyl groups is 1. The summed E-state index contributed by atoms with van der Waals surface area (Å²) in [6.07, 6.45) is 0. The van der Waals surface area contributed by atoms with E-state index in [-0.39, 0.29) is 6.04 Å². The highest BCUT2D eigenvalue weighted by Gasteiger charge is 2.17. The summed E-state index contributed by atoms with van der Waals surface area (Å²) in [5.41, 5.74) is 1.02. The molecule has 0 aliphatic carbocycles. The predicted molar refractivity (Wildman–Crippen MR) is 68.6 cm³/mol. The van der Waals surface area contributed by atoms with Crippen LogP contribution in [0.5, 0.6) is 5.75 Å². The second-order valence-corrected chi connectivity index (χ2v) is 4.72. The molecule has 2 heteroatoms. The average molecular weight is 221 g/mol. The molecule has 0 fully saturated rings. The monoisotopic (exact) mass is 221 g/mol. The van der Waals surface area contributed by atoms with Crippen molar-refractivity contribution in [2.45, 2.75) is 33.7 Å². The van der Waals surface area contributed by atoms with Crippen LogP contribution in [-0.2, 0) is 0 Å². The molecule has 2 nitrogen and oxygen atoms in total. The minimum atomic E-state index is 0.272. The van der Waals surface area contributed by atoms with Gasteiger partial charge in [-0.3, -0.25) is 4.90 Å². The minimum Gasteiger partial charge on any atom is -0.508 e. The molecule has 90 valence electrons. The standard InChI is InChI=1S/C14H23NO/c1-5-15(10-11(2)3)12(4)13-8-6-7-9-14(13)16/h6-9,11-12,16H,5,10H2,1-4H3. The molecule has 0 spiro atoms. The highest BCUT2D eigenvalue weighted by molar-refractivity contribution is 5.34. The Morgan fingerprint density at radius 3 is 2.31 bits per heavy atom. The fourth-order valence-electron chi connectivity index (χ4n) is 2.07. The summed E-state index contributed by atoms with van der Waals surface area (Å²) in [5.74, 6) is 1.05. The number of rotatable bonds is 5. The molecule has 1 unspecified atom stereocenters. The number of para-hydroxylation sites is 1. The lowest BCUT2D eigenvalue weighted by Gasteiger charge is -2.30. The first-order valence-corrected chi connectivity index (χ1v) is 6.08. The molecule has 0 saturated carbocycles. The Hall–Kier alpha value is -1.02. The molecule has 16 heavy (non-hydrogen) atoms. The quantitative estimate of drug-likeness (QED) is 0.823. The number of phenolic OH excluding ortho intramolecular Hbond substituents is 1. The molecule has 1 aromatic rings. The van der Waals surface area contributed by atoms with Gasteiger partial charge in [0, 0.05) is 18.2 Å². The number of phenols is 1. The zero-order valence-electron chi connectivity index (χ0n) is 10.8. The van der Waals surface area contributed by atoms with Gasteiger partial charge in [0.2, 0.25) is 0 Å². The Bertz CT molecular complexity index is 322. The maximum atomic E-state index is 9.83. The summed E-state index contributed by atoms with van der Waals surface area (Å²) >= 11 is 0. The third-order valence-electron chi connectivity index (χ3n) is 2.94. The molecule has 0 amide bonds. The van der Waals surface area contributed by atoms with Gasteiger partial charge < -0.3 is 5.11 Å². The van der Waals surface area contributed by atoms with E-state index >= 15 is 0 Å². The Morgan fingerprint density at radius 2 is 1.81 bits per heavy atom. The molecular formula is C14H23NO. The van der Waals surface area contributed by atoms with Crippen molar-refractivity contribution in [3.8, 4) is 5.75 Å². The van der Waals surface area contributed by atoms with E-state index in [1.165, 1.54) is 0 Å². The van der Waals surface area contributed by atoms with Gasteiger partial charge in [-0.1, -0.05) is 39.0 Å². The molecular weight excluding hydrogens is 198 g/mol. The van der Waals surface area contributed by atoms with Crippen LogP contribution >= 0.6 is 0 Å². The first-order valence-electron chi connectivity index (χ1n) is 6.08. The molecule has 0 saturated heterocycles. The van der Waals surface area contributed by atoms with Crippen molar-refractivity contribution in [2.24, 2.45) is 5.92 Å². The minimum absolute atomic E-state index is 0.272. The van der Waals surface area contributed by atoms with Crippen LogP contribution in [-0.4, -0.2) is 23.1 Å². The Kier molecular flexibility index (Phi) is 4.81. The lowest BCUT2D eigenvalue weighted by atomic mass is 10.0. The molecule has 0 radical (unpaired) electrons. The van der Waals surface area contributed by atoms with Crippen molar-refractivity contribution in [3.05, 3.63) is 29.8 Å².